The van der Waals surface area contributed by atoms with Crippen LogP contribution in [0.3, 0.4) is 0 Å². The summed E-state index contributed by atoms with van der Waals surface area (Å²) in [4.78, 5) is 13.7. The quantitative estimate of drug-likeness (QED) is 0.663. The van der Waals surface area contributed by atoms with Gasteiger partial charge in [0.2, 0.25) is 5.91 Å². The lowest BCUT2D eigenvalue weighted by molar-refractivity contribution is -0.117. The van der Waals surface area contributed by atoms with Crippen molar-refractivity contribution < 1.29 is 9.53 Å². The van der Waals surface area contributed by atoms with Gasteiger partial charge in [0.1, 0.15) is 18.4 Å². The van der Waals surface area contributed by atoms with Gasteiger partial charge in [-0.25, -0.2) is 4.68 Å². The van der Waals surface area contributed by atoms with Crippen LogP contribution < -0.4 is 9.64 Å². The van der Waals surface area contributed by atoms with Crippen LogP contribution in [0.1, 0.15) is 35.4 Å². The lowest BCUT2D eigenvalue weighted by Gasteiger charge is -2.16. The van der Waals surface area contributed by atoms with Crippen molar-refractivity contribution in [2.45, 2.75) is 33.3 Å². The molecule has 1 aromatic heterocycles. The van der Waals surface area contributed by atoms with Gasteiger partial charge in [0.25, 0.3) is 0 Å². The van der Waals surface area contributed by atoms with Gasteiger partial charge in [0.15, 0.2) is 0 Å². The van der Waals surface area contributed by atoms with Crippen molar-refractivity contribution in [3.8, 4) is 17.5 Å². The first-order valence-electron chi connectivity index (χ1n) is 9.66. The first-order valence-corrected chi connectivity index (χ1v) is 9.66. The Bertz CT molecular complexity index is 1090. The van der Waals surface area contributed by atoms with Crippen LogP contribution >= 0.6 is 0 Å². The number of carbonyl (C=O) groups excluding carboxylic acids is 1. The van der Waals surface area contributed by atoms with Crippen LogP contribution in [0.4, 0.5) is 5.69 Å². The van der Waals surface area contributed by atoms with E-state index in [1.54, 1.807) is 10.7 Å². The van der Waals surface area contributed by atoms with Gasteiger partial charge in [0.05, 0.1) is 16.9 Å². The Morgan fingerprint density at radius 2 is 1.90 bits per heavy atom. The van der Waals surface area contributed by atoms with Crippen molar-refractivity contribution in [2.75, 3.05) is 11.4 Å². The molecule has 0 bridgehead atoms. The van der Waals surface area contributed by atoms with Crippen LogP contribution in [0, 0.1) is 25.2 Å². The molecule has 1 amide bonds. The average Bonchev–Trinajstić information content (AvgIpc) is 3.29. The van der Waals surface area contributed by atoms with Crippen molar-refractivity contribution in [1.29, 1.82) is 5.26 Å². The van der Waals surface area contributed by atoms with Gasteiger partial charge in [0, 0.05) is 29.9 Å². The summed E-state index contributed by atoms with van der Waals surface area (Å²) in [7, 11) is 0. The van der Waals surface area contributed by atoms with Gasteiger partial charge in [-0.15, -0.1) is 0 Å². The molecule has 146 valence electrons. The largest absolute Gasteiger partial charge is 0.489 e. The average molecular weight is 386 g/mol. The van der Waals surface area contributed by atoms with Crippen molar-refractivity contribution in [3.63, 3.8) is 0 Å². The van der Waals surface area contributed by atoms with Gasteiger partial charge < -0.3 is 9.64 Å². The van der Waals surface area contributed by atoms with Gasteiger partial charge >= 0.3 is 0 Å². The zero-order chi connectivity index (χ0) is 20.4. The molecular weight excluding hydrogens is 364 g/mol. The minimum Gasteiger partial charge on any atom is -0.489 e. The highest BCUT2D eigenvalue weighted by molar-refractivity contribution is 5.95. The highest BCUT2D eigenvalue weighted by atomic mass is 16.5. The van der Waals surface area contributed by atoms with E-state index >= 15 is 0 Å². The van der Waals surface area contributed by atoms with Crippen LogP contribution in [-0.4, -0.2) is 22.2 Å². The summed E-state index contributed by atoms with van der Waals surface area (Å²) >= 11 is 0. The van der Waals surface area contributed by atoms with Gasteiger partial charge in [-0.2, -0.15) is 10.4 Å². The minimum atomic E-state index is 0.176. The van der Waals surface area contributed by atoms with E-state index < -0.39 is 0 Å². The summed E-state index contributed by atoms with van der Waals surface area (Å²) < 4.78 is 7.78. The molecule has 6 nitrogen and oxygen atoms in total. The molecule has 0 aliphatic carbocycles. The maximum Gasteiger partial charge on any atom is 0.227 e. The van der Waals surface area contributed by atoms with E-state index in [4.69, 9.17) is 4.74 Å². The lowest BCUT2D eigenvalue weighted by atomic mass is 10.2. The van der Waals surface area contributed by atoms with E-state index in [1.807, 2.05) is 61.2 Å². The normalized spacial score (nSPS) is 13.6. The molecule has 0 spiro atoms. The zero-order valence-corrected chi connectivity index (χ0v) is 16.6. The molecule has 29 heavy (non-hydrogen) atoms. The Morgan fingerprint density at radius 3 is 2.59 bits per heavy atom. The van der Waals surface area contributed by atoms with Crippen LogP contribution in [0.25, 0.3) is 5.69 Å². The molecule has 1 saturated heterocycles. The molecule has 1 aliphatic rings. The molecule has 4 rings (SSSR count). The number of amides is 1. The number of benzene rings is 2. The Morgan fingerprint density at radius 1 is 1.14 bits per heavy atom. The van der Waals surface area contributed by atoms with Crippen molar-refractivity contribution >= 4 is 11.6 Å². The first-order chi connectivity index (χ1) is 14.1. The van der Waals surface area contributed by atoms with Gasteiger partial charge in [-0.05, 0) is 56.7 Å². The molecule has 1 aliphatic heterocycles. The van der Waals surface area contributed by atoms with E-state index in [9.17, 15) is 10.1 Å². The number of nitriles is 1. The fourth-order valence-corrected chi connectivity index (χ4v) is 3.67. The number of hydrogen-bond acceptors (Lipinski definition) is 4. The van der Waals surface area contributed by atoms with Crippen LogP contribution in [0.5, 0.6) is 5.75 Å². The Balaban J connectivity index is 1.51. The summed E-state index contributed by atoms with van der Waals surface area (Å²) in [6, 6.07) is 17.3. The van der Waals surface area contributed by atoms with Crippen molar-refractivity contribution in [2.24, 2.45) is 0 Å². The molecule has 0 atom stereocenters. The molecule has 0 saturated carbocycles. The van der Waals surface area contributed by atoms with E-state index in [0.29, 0.717) is 18.6 Å². The monoisotopic (exact) mass is 386 g/mol. The smallest absolute Gasteiger partial charge is 0.227 e. The maximum absolute atomic E-state index is 11.9. The first kappa shape index (κ1) is 18.8. The van der Waals surface area contributed by atoms with E-state index in [2.05, 4.69) is 11.2 Å². The molecule has 6 heteroatoms. The molecule has 2 aromatic carbocycles. The predicted molar refractivity (Wildman–Crippen MR) is 110 cm³/mol. The molecular formula is C23H22N4O2. The molecule has 2 heterocycles. The standard InChI is InChI=1S/C23H22N4O2/c1-16-21(17(2)27(25-16)22-7-4-3-6-18(22)14-24)15-29-20-11-9-19(10-12-20)26-13-5-8-23(26)28/h3-4,6-7,9-12H,5,8,13,15H2,1-2H3. The summed E-state index contributed by atoms with van der Waals surface area (Å²) in [5.74, 6) is 0.916. The van der Waals surface area contributed by atoms with E-state index in [1.165, 1.54) is 0 Å². The van der Waals surface area contributed by atoms with Crippen LogP contribution in [0.15, 0.2) is 48.5 Å². The second-order valence-corrected chi connectivity index (χ2v) is 7.12. The predicted octanol–water partition coefficient (Wildman–Crippen LogP) is 4.07. The van der Waals surface area contributed by atoms with Crippen LogP contribution in [0.2, 0.25) is 0 Å². The fourth-order valence-electron chi connectivity index (χ4n) is 3.67. The number of nitrogens with zero attached hydrogens (tertiary/aromatic N) is 4. The Labute approximate surface area is 169 Å². The zero-order valence-electron chi connectivity index (χ0n) is 16.6. The highest BCUT2D eigenvalue weighted by Crippen LogP contribution is 2.26. The Hall–Kier alpha value is -3.59. The van der Waals surface area contributed by atoms with Crippen molar-refractivity contribution in [3.05, 3.63) is 71.0 Å². The second kappa shape index (κ2) is 7.80. The third-order valence-corrected chi connectivity index (χ3v) is 5.30. The second-order valence-electron chi connectivity index (χ2n) is 7.12. The topological polar surface area (TPSA) is 71.2 Å². The lowest BCUT2D eigenvalue weighted by Crippen LogP contribution is -2.23. The minimum absolute atomic E-state index is 0.176. The molecule has 3 aromatic rings. The molecule has 1 fully saturated rings. The maximum atomic E-state index is 11.9. The summed E-state index contributed by atoms with van der Waals surface area (Å²) in [6.07, 6.45) is 1.53. The molecule has 0 unspecified atom stereocenters. The number of ether oxygens (including phenoxy) is 1. The third-order valence-electron chi connectivity index (χ3n) is 5.30. The molecule has 0 radical (unpaired) electrons. The number of rotatable bonds is 5. The number of hydrogen-bond donors (Lipinski definition) is 0. The van der Waals surface area contributed by atoms with E-state index in [-0.39, 0.29) is 5.91 Å². The number of aromatic nitrogens is 2. The highest BCUT2D eigenvalue weighted by Gasteiger charge is 2.21. The molecule has 0 N–H and O–H groups in total. The Kier molecular flexibility index (Phi) is 5.05. The van der Waals surface area contributed by atoms with E-state index in [0.717, 1.165) is 47.0 Å². The summed E-state index contributed by atoms with van der Waals surface area (Å²) in [5, 5.41) is 14.0. The number of carbonyl (C=O) groups is 1. The number of anilines is 1. The van der Waals surface area contributed by atoms with Gasteiger partial charge in [-0.1, -0.05) is 12.1 Å². The van der Waals surface area contributed by atoms with Crippen molar-refractivity contribution in [1.82, 2.24) is 9.78 Å². The van der Waals surface area contributed by atoms with Crippen LogP contribution in [-0.2, 0) is 11.4 Å². The number of para-hydroxylation sites is 1. The fraction of sp³-hybridized carbons (Fsp3) is 0.261. The SMILES string of the molecule is Cc1nn(-c2ccccc2C#N)c(C)c1COc1ccc(N2CCCC2=O)cc1. The van der Waals surface area contributed by atoms with Gasteiger partial charge in [-0.3, -0.25) is 4.79 Å². The third kappa shape index (κ3) is 3.59. The number of aryl methyl sites for hydroxylation is 1. The summed E-state index contributed by atoms with van der Waals surface area (Å²) in [5.41, 5.74) is 5.07. The summed E-state index contributed by atoms with van der Waals surface area (Å²) in [6.45, 7) is 5.09.